The fraction of sp³-hybridized carbons (Fsp3) is 0.550. The Morgan fingerprint density at radius 3 is 2.80 bits per heavy atom. The number of benzene rings is 1. The van der Waals surface area contributed by atoms with Crippen molar-refractivity contribution in [2.45, 2.75) is 39.0 Å². The minimum atomic E-state index is -0.554. The van der Waals surface area contributed by atoms with Gasteiger partial charge in [0.1, 0.15) is 11.9 Å². The van der Waals surface area contributed by atoms with E-state index >= 15 is 0 Å². The number of aromatic amines is 1. The Morgan fingerprint density at radius 2 is 2.10 bits per heavy atom. The van der Waals surface area contributed by atoms with Crippen LogP contribution >= 0.6 is 24.8 Å². The van der Waals surface area contributed by atoms with Gasteiger partial charge in [-0.3, -0.25) is 14.5 Å². The van der Waals surface area contributed by atoms with Crippen LogP contribution in [0, 0.1) is 5.92 Å². The second kappa shape index (κ2) is 12.2. The molecular weight excluding hydrogens is 429 g/mol. The number of fused-ring (bicyclic) bond motifs is 1. The van der Waals surface area contributed by atoms with Crippen molar-refractivity contribution in [2.24, 2.45) is 11.7 Å². The molecule has 2 atom stereocenters. The number of amides is 1. The number of nitrogens with two attached hydrogens (primary N) is 1. The van der Waals surface area contributed by atoms with Crippen molar-refractivity contribution in [3.63, 3.8) is 0 Å². The van der Waals surface area contributed by atoms with Crippen LogP contribution in [-0.4, -0.2) is 59.2 Å². The molecule has 1 saturated heterocycles. The maximum atomic E-state index is 12.6. The quantitative estimate of drug-likeness (QED) is 0.577. The van der Waals surface area contributed by atoms with Gasteiger partial charge in [-0.2, -0.15) is 0 Å². The maximum absolute atomic E-state index is 12.6. The van der Waals surface area contributed by atoms with Gasteiger partial charge in [0, 0.05) is 25.7 Å². The molecule has 10 heteroatoms. The Hall–Kier alpha value is -1.71. The van der Waals surface area contributed by atoms with Gasteiger partial charge in [-0.25, -0.2) is 4.98 Å². The topological polar surface area (TPSA) is 113 Å². The highest BCUT2D eigenvalue weighted by Crippen LogP contribution is 2.12. The van der Waals surface area contributed by atoms with Gasteiger partial charge in [-0.05, 0) is 24.5 Å². The molecule has 1 aliphatic heterocycles. The lowest BCUT2D eigenvalue weighted by Crippen LogP contribution is -2.53. The molecule has 2 heterocycles. The van der Waals surface area contributed by atoms with Gasteiger partial charge in [0.2, 0.25) is 0 Å². The summed E-state index contributed by atoms with van der Waals surface area (Å²) in [4.78, 5) is 34.3. The third kappa shape index (κ3) is 6.92. The molecule has 30 heavy (non-hydrogen) atoms. The molecule has 0 saturated carbocycles. The number of rotatable bonds is 7. The van der Waals surface area contributed by atoms with Crippen LogP contribution in [0.25, 0.3) is 10.9 Å². The molecular formula is C20H31Cl2N5O3. The monoisotopic (exact) mass is 459 g/mol. The van der Waals surface area contributed by atoms with Crippen LogP contribution in [0.3, 0.4) is 0 Å². The van der Waals surface area contributed by atoms with Crippen molar-refractivity contribution >= 4 is 41.6 Å². The summed E-state index contributed by atoms with van der Waals surface area (Å²) in [6, 6.07) is 7.21. The van der Waals surface area contributed by atoms with Crippen LogP contribution in [0.15, 0.2) is 29.1 Å². The first-order valence-corrected chi connectivity index (χ1v) is 9.78. The summed E-state index contributed by atoms with van der Waals surface area (Å²) in [6.45, 7) is 6.64. The van der Waals surface area contributed by atoms with E-state index in [0.717, 1.165) is 6.42 Å². The average molecular weight is 460 g/mol. The summed E-state index contributed by atoms with van der Waals surface area (Å²) in [7, 11) is 0. The molecule has 2 unspecified atom stereocenters. The summed E-state index contributed by atoms with van der Waals surface area (Å²) in [5.41, 5.74) is 6.30. The average Bonchev–Trinajstić information content (AvgIpc) is 2.67. The van der Waals surface area contributed by atoms with E-state index in [-0.39, 0.29) is 42.3 Å². The second-order valence-corrected chi connectivity index (χ2v) is 7.70. The van der Waals surface area contributed by atoms with E-state index in [1.54, 1.807) is 6.07 Å². The Bertz CT molecular complexity index is 877. The number of aromatic nitrogens is 2. The number of hydrogen-bond donors (Lipinski definition) is 3. The Balaban J connectivity index is 0.00000225. The predicted molar refractivity (Wildman–Crippen MR) is 122 cm³/mol. The van der Waals surface area contributed by atoms with E-state index in [1.807, 2.05) is 18.2 Å². The zero-order valence-electron chi connectivity index (χ0n) is 17.3. The molecule has 1 aromatic heterocycles. The maximum Gasteiger partial charge on any atom is 0.258 e. The summed E-state index contributed by atoms with van der Waals surface area (Å²) in [6.07, 6.45) is 0.281. The Kier molecular flexibility index (Phi) is 10.7. The van der Waals surface area contributed by atoms with Crippen molar-refractivity contribution in [3.05, 3.63) is 40.4 Å². The van der Waals surface area contributed by atoms with Gasteiger partial charge < -0.3 is 20.8 Å². The molecule has 2 aromatic rings. The van der Waals surface area contributed by atoms with Crippen molar-refractivity contribution in [2.75, 3.05) is 26.2 Å². The highest BCUT2D eigenvalue weighted by atomic mass is 35.5. The molecule has 3 rings (SSSR count). The van der Waals surface area contributed by atoms with Crippen molar-refractivity contribution in [1.82, 2.24) is 20.2 Å². The number of carbonyl (C=O) groups excluding carboxylic acids is 1. The number of H-pyrrole nitrogens is 1. The van der Waals surface area contributed by atoms with Gasteiger partial charge in [-0.15, -0.1) is 24.8 Å². The number of carbonyl (C=O) groups is 1. The first-order chi connectivity index (χ1) is 13.5. The first kappa shape index (κ1) is 26.3. The molecule has 168 valence electrons. The molecule has 4 N–H and O–H groups in total. The third-order valence-corrected chi connectivity index (χ3v) is 4.87. The third-order valence-electron chi connectivity index (χ3n) is 4.87. The van der Waals surface area contributed by atoms with Crippen LogP contribution in [0.1, 0.15) is 26.1 Å². The predicted octanol–water partition coefficient (Wildman–Crippen LogP) is 1.46. The van der Waals surface area contributed by atoms with Gasteiger partial charge in [0.15, 0.2) is 0 Å². The van der Waals surface area contributed by atoms with Gasteiger partial charge in [-0.1, -0.05) is 26.0 Å². The van der Waals surface area contributed by atoms with Gasteiger partial charge in [0.05, 0.1) is 24.1 Å². The fourth-order valence-electron chi connectivity index (χ4n) is 3.50. The van der Waals surface area contributed by atoms with E-state index in [9.17, 15) is 9.59 Å². The lowest BCUT2D eigenvalue weighted by Gasteiger charge is -2.32. The Labute approximate surface area is 188 Å². The molecule has 1 aliphatic rings. The summed E-state index contributed by atoms with van der Waals surface area (Å²) in [5.74, 6) is 0.901. The number of nitrogens with zero attached hydrogens (tertiary/aromatic N) is 2. The molecule has 1 fully saturated rings. The fourth-order valence-corrected chi connectivity index (χ4v) is 3.50. The zero-order valence-corrected chi connectivity index (χ0v) is 18.9. The molecule has 0 radical (unpaired) electrons. The normalized spacial score (nSPS) is 17.8. The molecule has 1 amide bonds. The zero-order chi connectivity index (χ0) is 20.1. The molecule has 0 aliphatic carbocycles. The van der Waals surface area contributed by atoms with E-state index in [0.29, 0.717) is 55.4 Å². The number of morpholine rings is 1. The molecule has 8 nitrogen and oxygen atoms in total. The first-order valence-electron chi connectivity index (χ1n) is 9.78. The summed E-state index contributed by atoms with van der Waals surface area (Å²) < 4.78 is 5.67. The highest BCUT2D eigenvalue weighted by Gasteiger charge is 2.28. The molecule has 0 spiro atoms. The van der Waals surface area contributed by atoms with Crippen LogP contribution < -0.4 is 16.6 Å². The van der Waals surface area contributed by atoms with Gasteiger partial charge in [0.25, 0.3) is 11.5 Å². The smallest absolute Gasteiger partial charge is 0.258 e. The van der Waals surface area contributed by atoms with Crippen molar-refractivity contribution in [3.8, 4) is 0 Å². The SMILES string of the molecule is CC(C)CC(CN)NC(=O)C1CN(Cc2nc3ccccc3c(=O)[nH]2)CCO1.Cl.Cl. The van der Waals surface area contributed by atoms with Crippen LogP contribution in [0.2, 0.25) is 0 Å². The highest BCUT2D eigenvalue weighted by molar-refractivity contribution is 5.85. The van der Waals surface area contributed by atoms with Crippen molar-refractivity contribution < 1.29 is 9.53 Å². The van der Waals surface area contributed by atoms with E-state index in [4.69, 9.17) is 10.5 Å². The van der Waals surface area contributed by atoms with Crippen LogP contribution in [0.5, 0.6) is 0 Å². The van der Waals surface area contributed by atoms with E-state index in [2.05, 4.69) is 34.0 Å². The minimum absolute atomic E-state index is 0. The van der Waals surface area contributed by atoms with Crippen molar-refractivity contribution in [1.29, 1.82) is 0 Å². The number of nitrogens with one attached hydrogen (secondary N) is 2. The Morgan fingerprint density at radius 1 is 1.37 bits per heavy atom. The summed E-state index contributed by atoms with van der Waals surface area (Å²) in [5, 5.41) is 3.57. The largest absolute Gasteiger partial charge is 0.366 e. The molecule has 1 aromatic carbocycles. The van der Waals surface area contributed by atoms with Crippen LogP contribution in [-0.2, 0) is 16.1 Å². The number of hydrogen-bond acceptors (Lipinski definition) is 6. The van der Waals surface area contributed by atoms with Crippen LogP contribution in [0.4, 0.5) is 0 Å². The minimum Gasteiger partial charge on any atom is -0.366 e. The number of para-hydroxylation sites is 1. The lowest BCUT2D eigenvalue weighted by molar-refractivity contribution is -0.139. The number of halogens is 2. The van der Waals surface area contributed by atoms with E-state index in [1.165, 1.54) is 0 Å². The summed E-state index contributed by atoms with van der Waals surface area (Å²) >= 11 is 0. The van der Waals surface area contributed by atoms with E-state index < -0.39 is 6.10 Å². The molecule has 0 bridgehead atoms. The number of ether oxygens (including phenoxy) is 1. The standard InChI is InChI=1S/C20H29N5O3.2ClH/c1-13(2)9-14(10-21)22-20(27)17-11-25(7-8-28-17)12-18-23-16-6-4-3-5-15(16)19(26)24-18;;/h3-6,13-14,17H,7-12,21H2,1-2H3,(H,22,27)(H,23,24,26);2*1H. The second-order valence-electron chi connectivity index (χ2n) is 7.70. The van der Waals surface area contributed by atoms with Gasteiger partial charge >= 0.3 is 0 Å². The lowest BCUT2D eigenvalue weighted by atomic mass is 10.0.